The van der Waals surface area contributed by atoms with Crippen LogP contribution < -0.4 is 5.32 Å². The van der Waals surface area contributed by atoms with Crippen molar-refractivity contribution in [2.75, 3.05) is 11.9 Å². The Hall–Kier alpha value is -1.69. The van der Waals surface area contributed by atoms with Gasteiger partial charge in [0.25, 0.3) is 0 Å². The molecule has 0 unspecified atom stereocenters. The Bertz CT molecular complexity index is 591. The second-order valence-electron chi connectivity index (χ2n) is 5.42. The Morgan fingerprint density at radius 3 is 2.59 bits per heavy atom. The van der Waals surface area contributed by atoms with E-state index in [-0.39, 0.29) is 24.1 Å². The minimum absolute atomic E-state index is 0.176. The van der Waals surface area contributed by atoms with Gasteiger partial charge in [0.2, 0.25) is 5.91 Å². The van der Waals surface area contributed by atoms with E-state index < -0.39 is 0 Å². The molecule has 1 aliphatic carbocycles. The third kappa shape index (κ3) is 3.94. The largest absolute Gasteiger partial charge is 0.462 e. The standard InChI is InChI=1S/C16H21NO4S/c1-3-21-16(20)14-11-7-5-4-6-8-12(11)22-15(14)17-13(19)9-10(2)18/h3-9H2,1-2H3,(H,17,19). The molecule has 1 aromatic heterocycles. The van der Waals surface area contributed by atoms with Crippen LogP contribution in [0, 0.1) is 0 Å². The number of carbonyl (C=O) groups excluding carboxylic acids is 3. The molecule has 5 nitrogen and oxygen atoms in total. The van der Waals surface area contributed by atoms with E-state index >= 15 is 0 Å². The first-order valence-electron chi connectivity index (χ1n) is 7.63. The number of thiophene rings is 1. The highest BCUT2D eigenvalue weighted by molar-refractivity contribution is 7.17. The first-order chi connectivity index (χ1) is 10.5. The molecule has 0 saturated heterocycles. The summed E-state index contributed by atoms with van der Waals surface area (Å²) < 4.78 is 5.15. The van der Waals surface area contributed by atoms with E-state index in [2.05, 4.69) is 5.32 Å². The van der Waals surface area contributed by atoms with Gasteiger partial charge < -0.3 is 10.1 Å². The molecule has 0 aromatic carbocycles. The van der Waals surface area contributed by atoms with E-state index in [1.54, 1.807) is 6.92 Å². The molecule has 120 valence electrons. The minimum Gasteiger partial charge on any atom is -0.462 e. The molecule has 0 fully saturated rings. The lowest BCUT2D eigenvalue weighted by Crippen LogP contribution is -2.17. The second-order valence-corrected chi connectivity index (χ2v) is 6.52. The van der Waals surface area contributed by atoms with Crippen molar-refractivity contribution < 1.29 is 19.1 Å². The summed E-state index contributed by atoms with van der Waals surface area (Å²) in [7, 11) is 0. The first-order valence-corrected chi connectivity index (χ1v) is 8.45. The van der Waals surface area contributed by atoms with Gasteiger partial charge in [-0.05, 0) is 45.1 Å². The van der Waals surface area contributed by atoms with Crippen molar-refractivity contribution in [3.63, 3.8) is 0 Å². The van der Waals surface area contributed by atoms with Crippen LogP contribution in [0.4, 0.5) is 5.00 Å². The SMILES string of the molecule is CCOC(=O)c1c(NC(=O)CC(C)=O)sc2c1CCCCC2. The molecule has 0 atom stereocenters. The summed E-state index contributed by atoms with van der Waals surface area (Å²) in [4.78, 5) is 36.3. The summed E-state index contributed by atoms with van der Waals surface area (Å²) in [5.74, 6) is -0.970. The smallest absolute Gasteiger partial charge is 0.341 e. The fourth-order valence-electron chi connectivity index (χ4n) is 2.65. The lowest BCUT2D eigenvalue weighted by Gasteiger charge is -2.08. The Kier molecular flexibility index (Phi) is 5.71. The maximum absolute atomic E-state index is 12.3. The van der Waals surface area contributed by atoms with E-state index in [1.807, 2.05) is 0 Å². The Morgan fingerprint density at radius 1 is 1.18 bits per heavy atom. The molecular formula is C16H21NO4S. The van der Waals surface area contributed by atoms with E-state index in [0.717, 1.165) is 42.5 Å². The average molecular weight is 323 g/mol. The Labute approximate surface area is 134 Å². The molecule has 6 heteroatoms. The quantitative estimate of drug-likeness (QED) is 0.513. The van der Waals surface area contributed by atoms with Gasteiger partial charge in [-0.3, -0.25) is 9.59 Å². The third-order valence-electron chi connectivity index (χ3n) is 3.56. The zero-order chi connectivity index (χ0) is 16.1. The number of ether oxygens (including phenoxy) is 1. The monoisotopic (exact) mass is 323 g/mol. The van der Waals surface area contributed by atoms with Crippen LogP contribution in [0.15, 0.2) is 0 Å². The van der Waals surface area contributed by atoms with Gasteiger partial charge in [0.1, 0.15) is 10.8 Å². The topological polar surface area (TPSA) is 72.5 Å². The molecule has 22 heavy (non-hydrogen) atoms. The highest BCUT2D eigenvalue weighted by Gasteiger charge is 2.26. The number of hydrogen-bond acceptors (Lipinski definition) is 5. The molecule has 0 bridgehead atoms. The number of anilines is 1. The number of esters is 1. The van der Waals surface area contributed by atoms with Crippen LogP contribution in [-0.4, -0.2) is 24.3 Å². The van der Waals surface area contributed by atoms with Gasteiger partial charge in [0, 0.05) is 4.88 Å². The molecule has 1 N–H and O–H groups in total. The normalized spacial score (nSPS) is 13.9. The first kappa shape index (κ1) is 16.7. The maximum atomic E-state index is 12.3. The van der Waals surface area contributed by atoms with E-state index in [0.29, 0.717) is 17.2 Å². The summed E-state index contributed by atoms with van der Waals surface area (Å²) in [5.41, 5.74) is 1.50. The van der Waals surface area contributed by atoms with Crippen molar-refractivity contribution in [2.45, 2.75) is 52.4 Å². The van der Waals surface area contributed by atoms with Gasteiger partial charge in [-0.2, -0.15) is 0 Å². The number of Topliss-reactive ketones (excluding diaryl/α,β-unsaturated/α-hetero) is 1. The van der Waals surface area contributed by atoms with Crippen molar-refractivity contribution in [2.24, 2.45) is 0 Å². The van der Waals surface area contributed by atoms with E-state index in [4.69, 9.17) is 4.74 Å². The predicted octanol–water partition coefficient (Wildman–Crippen LogP) is 3.11. The van der Waals surface area contributed by atoms with Gasteiger partial charge in [-0.1, -0.05) is 6.42 Å². The Balaban J connectivity index is 2.33. The van der Waals surface area contributed by atoms with Crippen LogP contribution >= 0.6 is 11.3 Å². The Morgan fingerprint density at radius 2 is 1.91 bits per heavy atom. The zero-order valence-electron chi connectivity index (χ0n) is 13.0. The molecule has 0 saturated carbocycles. The van der Waals surface area contributed by atoms with Crippen LogP contribution in [0.1, 0.15) is 60.3 Å². The summed E-state index contributed by atoms with van der Waals surface area (Å²) >= 11 is 1.44. The summed E-state index contributed by atoms with van der Waals surface area (Å²) in [5, 5.41) is 3.24. The molecule has 0 radical (unpaired) electrons. The van der Waals surface area contributed by atoms with Crippen molar-refractivity contribution in [3.05, 3.63) is 16.0 Å². The van der Waals surface area contributed by atoms with Crippen LogP contribution in [-0.2, 0) is 27.2 Å². The molecule has 1 heterocycles. The zero-order valence-corrected chi connectivity index (χ0v) is 13.8. The minimum atomic E-state index is -0.389. The van der Waals surface area contributed by atoms with Gasteiger partial charge in [-0.15, -0.1) is 11.3 Å². The lowest BCUT2D eigenvalue weighted by atomic mass is 10.1. The fourth-order valence-corrected chi connectivity index (χ4v) is 3.94. The van der Waals surface area contributed by atoms with E-state index in [9.17, 15) is 14.4 Å². The second kappa shape index (κ2) is 7.54. The number of ketones is 1. The number of hydrogen-bond donors (Lipinski definition) is 1. The molecule has 2 rings (SSSR count). The van der Waals surface area contributed by atoms with Crippen LogP contribution in [0.25, 0.3) is 0 Å². The van der Waals surface area contributed by atoms with Crippen molar-refractivity contribution in [3.8, 4) is 0 Å². The number of nitrogens with one attached hydrogen (secondary N) is 1. The van der Waals surface area contributed by atoms with Gasteiger partial charge >= 0.3 is 5.97 Å². The maximum Gasteiger partial charge on any atom is 0.341 e. The van der Waals surface area contributed by atoms with E-state index in [1.165, 1.54) is 18.3 Å². The highest BCUT2D eigenvalue weighted by Crippen LogP contribution is 2.38. The number of aryl methyl sites for hydroxylation is 1. The average Bonchev–Trinajstić information content (AvgIpc) is 2.60. The fraction of sp³-hybridized carbons (Fsp3) is 0.562. The molecule has 1 aliphatic rings. The summed E-state index contributed by atoms with van der Waals surface area (Å²) in [6.45, 7) is 3.43. The highest BCUT2D eigenvalue weighted by atomic mass is 32.1. The molecule has 0 aliphatic heterocycles. The van der Waals surface area contributed by atoms with Crippen molar-refractivity contribution in [1.29, 1.82) is 0 Å². The van der Waals surface area contributed by atoms with Crippen molar-refractivity contribution in [1.82, 2.24) is 0 Å². The summed E-state index contributed by atoms with van der Waals surface area (Å²) in [6, 6.07) is 0. The number of fused-ring (bicyclic) bond motifs is 1. The molecular weight excluding hydrogens is 302 g/mol. The van der Waals surface area contributed by atoms with Gasteiger partial charge in [0.05, 0.1) is 18.6 Å². The molecule has 0 spiro atoms. The number of rotatable bonds is 5. The van der Waals surface area contributed by atoms with Crippen LogP contribution in [0.5, 0.6) is 0 Å². The van der Waals surface area contributed by atoms with Crippen molar-refractivity contribution >= 4 is 34.0 Å². The lowest BCUT2D eigenvalue weighted by molar-refractivity contribution is -0.124. The van der Waals surface area contributed by atoms with Crippen LogP contribution in [0.3, 0.4) is 0 Å². The third-order valence-corrected chi connectivity index (χ3v) is 4.77. The molecule has 1 aromatic rings. The number of carbonyl (C=O) groups is 3. The van der Waals surface area contributed by atoms with Gasteiger partial charge in [-0.25, -0.2) is 4.79 Å². The van der Waals surface area contributed by atoms with Gasteiger partial charge in [0.15, 0.2) is 0 Å². The summed E-state index contributed by atoms with van der Waals surface area (Å²) in [6.07, 6.45) is 4.87. The number of amides is 1. The molecule has 1 amide bonds. The predicted molar refractivity (Wildman–Crippen MR) is 85.5 cm³/mol. The van der Waals surface area contributed by atoms with Crippen LogP contribution in [0.2, 0.25) is 0 Å².